The van der Waals surface area contributed by atoms with Crippen molar-refractivity contribution in [3.05, 3.63) is 71.8 Å². The minimum atomic E-state index is -4.35. The number of benzene rings is 3. The van der Waals surface area contributed by atoms with E-state index >= 15 is 0 Å². The summed E-state index contributed by atoms with van der Waals surface area (Å²) < 4.78 is 38.7. The van der Waals surface area contributed by atoms with E-state index in [1.54, 1.807) is 0 Å². The predicted octanol–water partition coefficient (Wildman–Crippen LogP) is 7.46. The van der Waals surface area contributed by atoms with Crippen molar-refractivity contribution < 1.29 is 18.0 Å². The molecule has 0 aromatic heterocycles. The Morgan fingerprint density at radius 3 is 2.33 bits per heavy atom. The molecule has 0 amide bonds. The molecule has 1 fully saturated rings. The van der Waals surface area contributed by atoms with Crippen LogP contribution in [0.4, 0.5) is 13.2 Å². The van der Waals surface area contributed by atoms with Gasteiger partial charge >= 0.3 is 6.18 Å². The van der Waals surface area contributed by atoms with E-state index in [-0.39, 0.29) is 5.78 Å². The van der Waals surface area contributed by atoms with Crippen molar-refractivity contribution in [1.82, 2.24) is 4.90 Å². The number of nitrogens with zero attached hydrogens (tertiary/aromatic N) is 1. The molecule has 1 aliphatic rings. The van der Waals surface area contributed by atoms with E-state index in [9.17, 15) is 18.0 Å². The molecular formula is C28H30F3NO. The van der Waals surface area contributed by atoms with Crippen molar-refractivity contribution in [2.75, 3.05) is 13.1 Å². The molecule has 1 aliphatic heterocycles. The Balaban J connectivity index is 1.46. The van der Waals surface area contributed by atoms with Gasteiger partial charge in [0.15, 0.2) is 5.78 Å². The standard InChI is InChI=1S/C28H30F3NO/c1-18(2)32-16-23(17-32)19(3)7-14-27(33)22-10-13-26-21(15-22)5-4-6-25(26)20-8-11-24(12-9-20)28(29,30)31/h4-6,8-13,15,18-19,23H,7,14,16-17H2,1-3H3/t19-/m0/s1. The Labute approximate surface area is 193 Å². The van der Waals surface area contributed by atoms with Gasteiger partial charge in [-0.2, -0.15) is 13.2 Å². The van der Waals surface area contributed by atoms with E-state index in [0.29, 0.717) is 29.9 Å². The lowest BCUT2D eigenvalue weighted by Gasteiger charge is -2.45. The number of alkyl halides is 3. The lowest BCUT2D eigenvalue weighted by atomic mass is 9.82. The van der Waals surface area contributed by atoms with E-state index in [0.717, 1.165) is 53.5 Å². The number of hydrogen-bond donors (Lipinski definition) is 0. The lowest BCUT2D eigenvalue weighted by molar-refractivity contribution is -0.137. The minimum absolute atomic E-state index is 0.142. The average molecular weight is 454 g/mol. The van der Waals surface area contributed by atoms with Gasteiger partial charge in [-0.05, 0) is 72.2 Å². The molecule has 0 N–H and O–H groups in total. The van der Waals surface area contributed by atoms with Gasteiger partial charge in [0.1, 0.15) is 0 Å². The zero-order chi connectivity index (χ0) is 23.8. The Morgan fingerprint density at radius 1 is 1.00 bits per heavy atom. The summed E-state index contributed by atoms with van der Waals surface area (Å²) in [6.45, 7) is 8.91. The summed E-state index contributed by atoms with van der Waals surface area (Å²) in [5, 5.41) is 1.84. The highest BCUT2D eigenvalue weighted by Gasteiger charge is 2.32. The average Bonchev–Trinajstić information content (AvgIpc) is 2.75. The van der Waals surface area contributed by atoms with E-state index in [2.05, 4.69) is 25.7 Å². The van der Waals surface area contributed by atoms with Crippen LogP contribution in [0, 0.1) is 11.8 Å². The van der Waals surface area contributed by atoms with Crippen LogP contribution in [-0.4, -0.2) is 29.8 Å². The highest BCUT2D eigenvalue weighted by molar-refractivity contribution is 6.03. The minimum Gasteiger partial charge on any atom is -0.300 e. The van der Waals surface area contributed by atoms with Crippen LogP contribution < -0.4 is 0 Å². The molecule has 33 heavy (non-hydrogen) atoms. The van der Waals surface area contributed by atoms with E-state index in [1.165, 1.54) is 12.1 Å². The fourth-order valence-corrected chi connectivity index (χ4v) is 4.62. The van der Waals surface area contributed by atoms with Crippen LogP contribution in [0.3, 0.4) is 0 Å². The molecule has 174 valence electrons. The number of halogens is 3. The van der Waals surface area contributed by atoms with Crippen LogP contribution in [-0.2, 0) is 6.18 Å². The predicted molar refractivity (Wildman–Crippen MR) is 127 cm³/mol. The number of Topliss-reactive ketones (excluding diaryl/α,β-unsaturated/α-hetero) is 1. The van der Waals surface area contributed by atoms with Gasteiger partial charge in [-0.3, -0.25) is 4.79 Å². The van der Waals surface area contributed by atoms with Gasteiger partial charge in [-0.25, -0.2) is 0 Å². The molecular weight excluding hydrogens is 423 g/mol. The van der Waals surface area contributed by atoms with Crippen LogP contribution in [0.25, 0.3) is 21.9 Å². The third kappa shape index (κ3) is 5.14. The lowest BCUT2D eigenvalue weighted by Crippen LogP contribution is -2.52. The zero-order valence-corrected chi connectivity index (χ0v) is 19.3. The van der Waals surface area contributed by atoms with Gasteiger partial charge in [0.25, 0.3) is 0 Å². The number of carbonyl (C=O) groups excluding carboxylic acids is 1. The third-order valence-corrected chi connectivity index (χ3v) is 7.03. The fourth-order valence-electron chi connectivity index (χ4n) is 4.62. The second-order valence-corrected chi connectivity index (χ2v) is 9.56. The number of carbonyl (C=O) groups is 1. The summed E-state index contributed by atoms with van der Waals surface area (Å²) in [5.41, 5.74) is 1.61. The molecule has 1 saturated heterocycles. The Hall–Kier alpha value is -2.66. The van der Waals surface area contributed by atoms with Crippen LogP contribution >= 0.6 is 0 Å². The molecule has 1 heterocycles. The van der Waals surface area contributed by atoms with Gasteiger partial charge in [0, 0.05) is 31.1 Å². The van der Waals surface area contributed by atoms with Crippen LogP contribution in [0.1, 0.15) is 49.5 Å². The van der Waals surface area contributed by atoms with Crippen molar-refractivity contribution in [2.45, 2.75) is 45.8 Å². The Bertz CT molecular complexity index is 1130. The Kier molecular flexibility index (Phi) is 6.62. The van der Waals surface area contributed by atoms with E-state index in [4.69, 9.17) is 0 Å². The van der Waals surface area contributed by atoms with Crippen molar-refractivity contribution in [3.63, 3.8) is 0 Å². The molecule has 0 aliphatic carbocycles. The first-order valence-electron chi connectivity index (χ1n) is 11.6. The quantitative estimate of drug-likeness (QED) is 0.346. The number of fused-ring (bicyclic) bond motifs is 1. The summed E-state index contributed by atoms with van der Waals surface area (Å²) in [7, 11) is 0. The van der Waals surface area contributed by atoms with Crippen LogP contribution in [0.5, 0.6) is 0 Å². The topological polar surface area (TPSA) is 20.3 Å². The zero-order valence-electron chi connectivity index (χ0n) is 19.3. The number of rotatable bonds is 7. The van der Waals surface area contributed by atoms with Crippen molar-refractivity contribution in [1.29, 1.82) is 0 Å². The second-order valence-electron chi connectivity index (χ2n) is 9.56. The summed E-state index contributed by atoms with van der Waals surface area (Å²) in [4.78, 5) is 15.3. The van der Waals surface area contributed by atoms with Gasteiger partial charge in [-0.15, -0.1) is 0 Å². The first-order chi connectivity index (χ1) is 15.6. The maximum absolute atomic E-state index is 12.9. The summed E-state index contributed by atoms with van der Waals surface area (Å²) in [6, 6.07) is 17.2. The molecule has 3 aromatic rings. The molecule has 2 nitrogen and oxygen atoms in total. The van der Waals surface area contributed by atoms with Crippen molar-refractivity contribution in [3.8, 4) is 11.1 Å². The molecule has 0 unspecified atom stereocenters. The normalized spacial score (nSPS) is 16.2. The summed E-state index contributed by atoms with van der Waals surface area (Å²) >= 11 is 0. The first kappa shape index (κ1) is 23.5. The molecule has 0 saturated carbocycles. The largest absolute Gasteiger partial charge is 0.416 e. The third-order valence-electron chi connectivity index (χ3n) is 7.03. The van der Waals surface area contributed by atoms with Gasteiger partial charge < -0.3 is 4.90 Å². The molecule has 0 radical (unpaired) electrons. The Morgan fingerprint density at radius 2 is 1.70 bits per heavy atom. The monoisotopic (exact) mass is 453 g/mol. The smallest absolute Gasteiger partial charge is 0.300 e. The fraction of sp³-hybridized carbons (Fsp3) is 0.393. The van der Waals surface area contributed by atoms with E-state index < -0.39 is 11.7 Å². The van der Waals surface area contributed by atoms with Gasteiger partial charge in [0.2, 0.25) is 0 Å². The molecule has 0 bridgehead atoms. The highest BCUT2D eigenvalue weighted by atomic mass is 19.4. The van der Waals surface area contributed by atoms with Crippen molar-refractivity contribution in [2.24, 2.45) is 11.8 Å². The molecule has 0 spiro atoms. The SMILES string of the molecule is CC(C)N1CC([C@@H](C)CCC(=O)c2ccc3c(-c4ccc(C(F)(F)F)cc4)cccc3c2)C1. The van der Waals surface area contributed by atoms with Gasteiger partial charge in [0.05, 0.1) is 5.56 Å². The molecule has 1 atom stereocenters. The van der Waals surface area contributed by atoms with Crippen LogP contribution in [0.15, 0.2) is 60.7 Å². The molecule has 5 heteroatoms. The molecule has 3 aromatic carbocycles. The number of hydrogen-bond acceptors (Lipinski definition) is 2. The second kappa shape index (κ2) is 9.30. The number of ketones is 1. The van der Waals surface area contributed by atoms with Crippen LogP contribution in [0.2, 0.25) is 0 Å². The summed E-state index contributed by atoms with van der Waals surface area (Å²) in [5.74, 6) is 1.34. The van der Waals surface area contributed by atoms with Gasteiger partial charge in [-0.1, -0.05) is 49.4 Å². The maximum Gasteiger partial charge on any atom is 0.416 e. The maximum atomic E-state index is 12.9. The first-order valence-corrected chi connectivity index (χ1v) is 11.6. The molecule has 4 rings (SSSR count). The number of likely N-dealkylation sites (tertiary alicyclic amines) is 1. The van der Waals surface area contributed by atoms with Crippen molar-refractivity contribution >= 4 is 16.6 Å². The highest BCUT2D eigenvalue weighted by Crippen LogP contribution is 2.34. The van der Waals surface area contributed by atoms with E-state index in [1.807, 2.05) is 36.4 Å². The summed E-state index contributed by atoms with van der Waals surface area (Å²) in [6.07, 6.45) is -2.93.